The first-order chi connectivity index (χ1) is 9.97. The van der Waals surface area contributed by atoms with Crippen molar-refractivity contribution in [2.75, 3.05) is 5.73 Å². The van der Waals surface area contributed by atoms with Crippen molar-refractivity contribution in [2.24, 2.45) is 7.05 Å². The van der Waals surface area contributed by atoms with Crippen molar-refractivity contribution in [1.82, 2.24) is 14.8 Å². The van der Waals surface area contributed by atoms with Crippen molar-refractivity contribution < 1.29 is 4.92 Å². The molecule has 8 heteroatoms. The molecule has 0 aliphatic rings. The van der Waals surface area contributed by atoms with E-state index in [-0.39, 0.29) is 5.69 Å². The van der Waals surface area contributed by atoms with E-state index in [1.54, 1.807) is 29.9 Å². The minimum atomic E-state index is -0.447. The van der Waals surface area contributed by atoms with Crippen LogP contribution in [0.2, 0.25) is 5.15 Å². The van der Waals surface area contributed by atoms with E-state index in [2.05, 4.69) is 10.1 Å². The molecule has 0 radical (unpaired) electrons. The van der Waals surface area contributed by atoms with Crippen LogP contribution in [-0.2, 0) is 7.05 Å². The fourth-order valence-electron chi connectivity index (χ4n) is 2.24. The van der Waals surface area contributed by atoms with Gasteiger partial charge in [0, 0.05) is 19.2 Å². The average molecular weight is 304 g/mol. The van der Waals surface area contributed by atoms with Gasteiger partial charge in [-0.15, -0.1) is 0 Å². The number of aryl methyl sites for hydroxylation is 1. The van der Waals surface area contributed by atoms with Gasteiger partial charge in [-0.2, -0.15) is 5.10 Å². The predicted molar refractivity (Wildman–Crippen MR) is 80.0 cm³/mol. The third-order valence-electron chi connectivity index (χ3n) is 3.18. The lowest BCUT2D eigenvalue weighted by molar-refractivity contribution is -0.384. The zero-order valence-corrected chi connectivity index (χ0v) is 11.7. The van der Waals surface area contributed by atoms with Crippen LogP contribution in [-0.4, -0.2) is 19.7 Å². The molecule has 3 aromatic rings. The van der Waals surface area contributed by atoms with Crippen molar-refractivity contribution in [3.8, 4) is 11.1 Å². The number of rotatable bonds is 2. The Hall–Kier alpha value is -2.67. The zero-order valence-electron chi connectivity index (χ0n) is 10.9. The summed E-state index contributed by atoms with van der Waals surface area (Å²) in [7, 11) is 1.72. The fourth-order valence-corrected chi connectivity index (χ4v) is 2.43. The Morgan fingerprint density at radius 2 is 2.00 bits per heavy atom. The number of non-ortho nitro benzene ring substituents is 1. The van der Waals surface area contributed by atoms with E-state index in [0.29, 0.717) is 22.0 Å². The molecule has 0 saturated heterocycles. The molecule has 2 aromatic heterocycles. The lowest BCUT2D eigenvalue weighted by Crippen LogP contribution is -1.93. The van der Waals surface area contributed by atoms with E-state index in [4.69, 9.17) is 17.3 Å². The Labute approximate surface area is 124 Å². The standard InChI is InChI=1S/C13H10ClN5O2/c1-18-13-11(12(15)17-18)9(6-10(14)16-13)7-2-4-8(5-3-7)19(20)21/h2-6H,1H3,(H2,15,17). The number of nitrogen functional groups attached to an aromatic ring is 1. The number of nitro groups is 1. The predicted octanol–water partition coefficient (Wildman–Crippen LogP) is 2.78. The molecule has 7 nitrogen and oxygen atoms in total. The summed E-state index contributed by atoms with van der Waals surface area (Å²) in [6.07, 6.45) is 0. The molecule has 0 atom stereocenters. The number of pyridine rings is 1. The van der Waals surface area contributed by atoms with E-state index in [0.717, 1.165) is 11.1 Å². The number of anilines is 1. The normalized spacial score (nSPS) is 11.0. The molecule has 0 saturated carbocycles. The van der Waals surface area contributed by atoms with Gasteiger partial charge in [0.15, 0.2) is 11.5 Å². The second-order valence-corrected chi connectivity index (χ2v) is 4.89. The number of fused-ring (bicyclic) bond motifs is 1. The molecule has 0 aliphatic heterocycles. The molecule has 106 valence electrons. The second kappa shape index (κ2) is 4.71. The molecule has 2 N–H and O–H groups in total. The first kappa shape index (κ1) is 13.3. The molecule has 1 aromatic carbocycles. The Balaban J connectivity index is 2.26. The molecule has 0 amide bonds. The highest BCUT2D eigenvalue weighted by Crippen LogP contribution is 2.33. The zero-order chi connectivity index (χ0) is 15.1. The molecule has 2 heterocycles. The second-order valence-electron chi connectivity index (χ2n) is 4.50. The summed E-state index contributed by atoms with van der Waals surface area (Å²) < 4.78 is 1.55. The first-order valence-corrected chi connectivity index (χ1v) is 6.38. The molecule has 0 fully saturated rings. The quantitative estimate of drug-likeness (QED) is 0.446. The van der Waals surface area contributed by atoms with Crippen LogP contribution >= 0.6 is 11.6 Å². The third kappa shape index (κ3) is 2.17. The monoisotopic (exact) mass is 303 g/mol. The van der Waals surface area contributed by atoms with Gasteiger partial charge < -0.3 is 5.73 Å². The van der Waals surface area contributed by atoms with Crippen LogP contribution in [0.25, 0.3) is 22.2 Å². The summed E-state index contributed by atoms with van der Waals surface area (Å²) >= 11 is 6.04. The molecule has 0 bridgehead atoms. The van der Waals surface area contributed by atoms with Gasteiger partial charge in [0.25, 0.3) is 5.69 Å². The Morgan fingerprint density at radius 1 is 1.33 bits per heavy atom. The highest BCUT2D eigenvalue weighted by molar-refractivity contribution is 6.30. The largest absolute Gasteiger partial charge is 0.382 e. The van der Waals surface area contributed by atoms with E-state index in [1.165, 1.54) is 12.1 Å². The van der Waals surface area contributed by atoms with Gasteiger partial charge in [0.2, 0.25) is 0 Å². The molecule has 0 aliphatic carbocycles. The lowest BCUT2D eigenvalue weighted by atomic mass is 10.0. The number of halogens is 1. The highest BCUT2D eigenvalue weighted by atomic mass is 35.5. The summed E-state index contributed by atoms with van der Waals surface area (Å²) in [5, 5.41) is 15.8. The number of nitro benzene ring substituents is 1. The maximum absolute atomic E-state index is 10.7. The first-order valence-electron chi connectivity index (χ1n) is 6.01. The minimum Gasteiger partial charge on any atom is -0.382 e. The summed E-state index contributed by atoms with van der Waals surface area (Å²) in [6, 6.07) is 7.83. The lowest BCUT2D eigenvalue weighted by Gasteiger charge is -2.05. The smallest absolute Gasteiger partial charge is 0.269 e. The van der Waals surface area contributed by atoms with Crippen molar-refractivity contribution >= 4 is 34.1 Å². The number of hydrogen-bond acceptors (Lipinski definition) is 5. The number of nitrogens with zero attached hydrogens (tertiary/aromatic N) is 4. The molecule has 0 unspecified atom stereocenters. The van der Waals surface area contributed by atoms with Gasteiger partial charge in [-0.25, -0.2) is 9.67 Å². The topological polar surface area (TPSA) is 99.9 Å². The fraction of sp³-hybridized carbons (Fsp3) is 0.0769. The third-order valence-corrected chi connectivity index (χ3v) is 3.37. The van der Waals surface area contributed by atoms with Crippen molar-refractivity contribution in [2.45, 2.75) is 0 Å². The van der Waals surface area contributed by atoms with Gasteiger partial charge in [-0.05, 0) is 29.3 Å². The summed E-state index contributed by atoms with van der Waals surface area (Å²) in [6.45, 7) is 0. The average Bonchev–Trinajstić information content (AvgIpc) is 2.73. The van der Waals surface area contributed by atoms with E-state index in [1.807, 2.05) is 0 Å². The summed E-state index contributed by atoms with van der Waals surface area (Å²) in [5.74, 6) is 0.338. The van der Waals surface area contributed by atoms with Gasteiger partial charge in [0.1, 0.15) is 5.15 Å². The van der Waals surface area contributed by atoms with Crippen molar-refractivity contribution in [1.29, 1.82) is 0 Å². The Kier molecular flexibility index (Phi) is 2.99. The molecule has 21 heavy (non-hydrogen) atoms. The van der Waals surface area contributed by atoms with E-state index < -0.39 is 4.92 Å². The summed E-state index contributed by atoms with van der Waals surface area (Å²) in [5.41, 5.74) is 8.01. The van der Waals surface area contributed by atoms with Crippen LogP contribution < -0.4 is 5.73 Å². The van der Waals surface area contributed by atoms with Gasteiger partial charge >= 0.3 is 0 Å². The van der Waals surface area contributed by atoms with Crippen LogP contribution in [0.1, 0.15) is 0 Å². The minimum absolute atomic E-state index is 0.0225. The Bertz CT molecular complexity index is 857. The maximum atomic E-state index is 10.7. The number of benzene rings is 1. The SMILES string of the molecule is Cn1nc(N)c2c(-c3ccc([N+](=O)[O-])cc3)cc(Cl)nc21. The van der Waals surface area contributed by atoms with E-state index in [9.17, 15) is 10.1 Å². The maximum Gasteiger partial charge on any atom is 0.269 e. The van der Waals surface area contributed by atoms with Crippen LogP contribution in [0.15, 0.2) is 30.3 Å². The van der Waals surface area contributed by atoms with Gasteiger partial charge in [-0.1, -0.05) is 11.6 Å². The number of aromatic nitrogens is 3. The molecule has 0 spiro atoms. The molecular weight excluding hydrogens is 294 g/mol. The van der Waals surface area contributed by atoms with Crippen LogP contribution in [0.4, 0.5) is 11.5 Å². The molecule has 3 rings (SSSR count). The Morgan fingerprint density at radius 3 is 2.62 bits per heavy atom. The van der Waals surface area contributed by atoms with E-state index >= 15 is 0 Å². The van der Waals surface area contributed by atoms with Crippen LogP contribution in [0, 0.1) is 10.1 Å². The van der Waals surface area contributed by atoms with Crippen LogP contribution in [0.3, 0.4) is 0 Å². The van der Waals surface area contributed by atoms with Crippen LogP contribution in [0.5, 0.6) is 0 Å². The number of hydrogen-bond donors (Lipinski definition) is 1. The van der Waals surface area contributed by atoms with Crippen molar-refractivity contribution in [3.63, 3.8) is 0 Å². The van der Waals surface area contributed by atoms with Crippen molar-refractivity contribution in [3.05, 3.63) is 45.6 Å². The summed E-state index contributed by atoms with van der Waals surface area (Å²) in [4.78, 5) is 14.5. The van der Waals surface area contributed by atoms with Gasteiger partial charge in [-0.3, -0.25) is 10.1 Å². The molecular formula is C13H10ClN5O2. The van der Waals surface area contributed by atoms with Gasteiger partial charge in [0.05, 0.1) is 10.3 Å². The number of nitrogens with two attached hydrogens (primary N) is 1. The highest BCUT2D eigenvalue weighted by Gasteiger charge is 2.15.